The Bertz CT molecular complexity index is 212. The molecule has 0 radical (unpaired) electrons. The summed E-state index contributed by atoms with van der Waals surface area (Å²) in [5, 5.41) is 3.26. The van der Waals surface area contributed by atoms with E-state index in [0.29, 0.717) is 18.2 Å². The Balaban J connectivity index is 2.18. The predicted octanol–water partition coefficient (Wildman–Crippen LogP) is 0.396. The lowest BCUT2D eigenvalue weighted by Gasteiger charge is -2.28. The van der Waals surface area contributed by atoms with Gasteiger partial charge in [0.25, 0.3) is 0 Å². The summed E-state index contributed by atoms with van der Waals surface area (Å²) in [6, 6.07) is 0. The number of hydrogen-bond donors (Lipinski definition) is 1. The molecule has 1 aliphatic heterocycles. The van der Waals surface area contributed by atoms with Gasteiger partial charge in [0.15, 0.2) is 0 Å². The maximum atomic E-state index is 11.9. The van der Waals surface area contributed by atoms with Gasteiger partial charge in [-0.05, 0) is 13.0 Å². The van der Waals surface area contributed by atoms with Crippen molar-refractivity contribution in [3.8, 4) is 0 Å². The summed E-state index contributed by atoms with van der Waals surface area (Å²) in [6.45, 7) is 9.96. The molecular weight excluding hydrogens is 202 g/mol. The van der Waals surface area contributed by atoms with Crippen LogP contribution in [0.3, 0.4) is 0 Å². The van der Waals surface area contributed by atoms with E-state index in [0.717, 1.165) is 39.3 Å². The van der Waals surface area contributed by atoms with Gasteiger partial charge >= 0.3 is 0 Å². The lowest BCUT2D eigenvalue weighted by Crippen LogP contribution is -2.47. The molecule has 0 bridgehead atoms. The Morgan fingerprint density at radius 1 is 1.38 bits per heavy atom. The van der Waals surface area contributed by atoms with Crippen LogP contribution in [0.1, 0.15) is 20.3 Å². The standard InChI is InChI=1S/C12H25N3O/c1-11(2)10-14(3)7-4-12(16)15-8-5-13-6-9-15/h11,13H,4-10H2,1-3H3. The highest BCUT2D eigenvalue weighted by molar-refractivity contribution is 5.76. The number of nitrogens with zero attached hydrogens (tertiary/aromatic N) is 2. The summed E-state index contributed by atoms with van der Waals surface area (Å²) in [5.74, 6) is 0.969. The molecule has 0 aromatic carbocycles. The fourth-order valence-corrected chi connectivity index (χ4v) is 2.07. The van der Waals surface area contributed by atoms with E-state index >= 15 is 0 Å². The lowest BCUT2D eigenvalue weighted by atomic mass is 10.2. The Labute approximate surface area is 99.0 Å². The Kier molecular flexibility index (Phi) is 5.77. The number of nitrogens with one attached hydrogen (secondary N) is 1. The number of amides is 1. The molecule has 1 heterocycles. The Morgan fingerprint density at radius 3 is 2.56 bits per heavy atom. The summed E-state index contributed by atoms with van der Waals surface area (Å²) < 4.78 is 0. The molecule has 0 saturated carbocycles. The maximum Gasteiger partial charge on any atom is 0.223 e. The topological polar surface area (TPSA) is 35.6 Å². The summed E-state index contributed by atoms with van der Waals surface area (Å²) in [5.41, 5.74) is 0. The van der Waals surface area contributed by atoms with Gasteiger partial charge < -0.3 is 15.1 Å². The molecule has 0 spiro atoms. The number of piperazine rings is 1. The molecule has 0 aliphatic carbocycles. The van der Waals surface area contributed by atoms with E-state index in [-0.39, 0.29) is 0 Å². The van der Waals surface area contributed by atoms with E-state index in [1.54, 1.807) is 0 Å². The normalized spacial score (nSPS) is 17.2. The van der Waals surface area contributed by atoms with Crippen LogP contribution < -0.4 is 5.32 Å². The highest BCUT2D eigenvalue weighted by atomic mass is 16.2. The first-order chi connectivity index (χ1) is 7.59. The van der Waals surface area contributed by atoms with Crippen LogP contribution in [-0.4, -0.2) is 62.0 Å². The molecule has 4 nitrogen and oxygen atoms in total. The van der Waals surface area contributed by atoms with Gasteiger partial charge in [0.2, 0.25) is 5.91 Å². The van der Waals surface area contributed by atoms with Crippen molar-refractivity contribution in [2.75, 3.05) is 46.3 Å². The molecule has 1 amide bonds. The summed E-state index contributed by atoms with van der Waals surface area (Å²) in [4.78, 5) is 16.1. The first-order valence-electron chi connectivity index (χ1n) is 6.26. The van der Waals surface area contributed by atoms with E-state index in [1.165, 1.54) is 0 Å². The average molecular weight is 227 g/mol. The molecular formula is C12H25N3O. The minimum atomic E-state index is 0.303. The zero-order valence-electron chi connectivity index (χ0n) is 10.8. The Hall–Kier alpha value is -0.610. The van der Waals surface area contributed by atoms with Crippen molar-refractivity contribution in [2.24, 2.45) is 5.92 Å². The number of rotatable bonds is 5. The van der Waals surface area contributed by atoms with Gasteiger partial charge in [-0.2, -0.15) is 0 Å². The van der Waals surface area contributed by atoms with Gasteiger partial charge in [0.1, 0.15) is 0 Å². The predicted molar refractivity (Wildman–Crippen MR) is 66.4 cm³/mol. The molecule has 1 saturated heterocycles. The summed E-state index contributed by atoms with van der Waals surface area (Å²) in [6.07, 6.45) is 0.656. The summed E-state index contributed by atoms with van der Waals surface area (Å²) in [7, 11) is 2.09. The molecule has 16 heavy (non-hydrogen) atoms. The van der Waals surface area contributed by atoms with Crippen LogP contribution in [0.25, 0.3) is 0 Å². The van der Waals surface area contributed by atoms with Gasteiger partial charge in [-0.1, -0.05) is 13.8 Å². The third kappa shape index (κ3) is 4.94. The summed E-state index contributed by atoms with van der Waals surface area (Å²) >= 11 is 0. The lowest BCUT2D eigenvalue weighted by molar-refractivity contribution is -0.132. The van der Waals surface area contributed by atoms with E-state index in [9.17, 15) is 4.79 Å². The van der Waals surface area contributed by atoms with Crippen molar-refractivity contribution in [3.63, 3.8) is 0 Å². The van der Waals surface area contributed by atoms with Crippen molar-refractivity contribution in [1.82, 2.24) is 15.1 Å². The van der Waals surface area contributed by atoms with Crippen molar-refractivity contribution in [1.29, 1.82) is 0 Å². The number of hydrogen-bond acceptors (Lipinski definition) is 3. The molecule has 1 aliphatic rings. The van der Waals surface area contributed by atoms with Crippen molar-refractivity contribution >= 4 is 5.91 Å². The van der Waals surface area contributed by atoms with Gasteiger partial charge in [0.05, 0.1) is 0 Å². The van der Waals surface area contributed by atoms with Crippen LogP contribution in [0.5, 0.6) is 0 Å². The van der Waals surface area contributed by atoms with E-state index in [2.05, 4.69) is 31.1 Å². The van der Waals surface area contributed by atoms with E-state index < -0.39 is 0 Å². The Morgan fingerprint density at radius 2 is 2.00 bits per heavy atom. The number of carbonyl (C=O) groups excluding carboxylic acids is 1. The molecule has 1 N–H and O–H groups in total. The second-order valence-corrected chi connectivity index (χ2v) is 5.04. The highest BCUT2D eigenvalue weighted by Gasteiger charge is 2.16. The molecule has 0 unspecified atom stereocenters. The molecule has 0 atom stereocenters. The fourth-order valence-electron chi connectivity index (χ4n) is 2.07. The maximum absolute atomic E-state index is 11.9. The van der Waals surface area contributed by atoms with Crippen LogP contribution in [-0.2, 0) is 4.79 Å². The molecule has 94 valence electrons. The van der Waals surface area contributed by atoms with Crippen molar-refractivity contribution < 1.29 is 4.79 Å². The molecule has 0 aromatic rings. The van der Waals surface area contributed by atoms with Crippen LogP contribution in [0.2, 0.25) is 0 Å². The highest BCUT2D eigenvalue weighted by Crippen LogP contribution is 2.00. The van der Waals surface area contributed by atoms with E-state index in [4.69, 9.17) is 0 Å². The van der Waals surface area contributed by atoms with Gasteiger partial charge in [-0.15, -0.1) is 0 Å². The van der Waals surface area contributed by atoms with Gasteiger partial charge in [-0.3, -0.25) is 4.79 Å². The van der Waals surface area contributed by atoms with Crippen LogP contribution in [0.15, 0.2) is 0 Å². The second kappa shape index (κ2) is 6.86. The first-order valence-corrected chi connectivity index (χ1v) is 6.26. The van der Waals surface area contributed by atoms with Crippen molar-refractivity contribution in [3.05, 3.63) is 0 Å². The van der Waals surface area contributed by atoms with Gasteiger partial charge in [0, 0.05) is 45.7 Å². The number of carbonyl (C=O) groups is 1. The average Bonchev–Trinajstić information content (AvgIpc) is 2.26. The third-order valence-electron chi connectivity index (χ3n) is 2.85. The van der Waals surface area contributed by atoms with Crippen LogP contribution >= 0.6 is 0 Å². The first kappa shape index (κ1) is 13.5. The van der Waals surface area contributed by atoms with E-state index in [1.807, 2.05) is 4.90 Å². The molecule has 4 heteroatoms. The monoisotopic (exact) mass is 227 g/mol. The smallest absolute Gasteiger partial charge is 0.223 e. The van der Waals surface area contributed by atoms with Crippen molar-refractivity contribution in [2.45, 2.75) is 20.3 Å². The molecule has 0 aromatic heterocycles. The minimum Gasteiger partial charge on any atom is -0.340 e. The largest absolute Gasteiger partial charge is 0.340 e. The molecule has 1 fully saturated rings. The second-order valence-electron chi connectivity index (χ2n) is 5.04. The van der Waals surface area contributed by atoms with Gasteiger partial charge in [-0.25, -0.2) is 0 Å². The molecule has 1 rings (SSSR count). The third-order valence-corrected chi connectivity index (χ3v) is 2.85. The zero-order valence-corrected chi connectivity index (χ0v) is 10.8. The quantitative estimate of drug-likeness (QED) is 0.738. The van der Waals surface area contributed by atoms with Crippen LogP contribution in [0.4, 0.5) is 0 Å². The van der Waals surface area contributed by atoms with Crippen LogP contribution in [0, 0.1) is 5.92 Å². The minimum absolute atomic E-state index is 0.303. The zero-order chi connectivity index (χ0) is 12.0. The fraction of sp³-hybridized carbons (Fsp3) is 0.917. The SMILES string of the molecule is CC(C)CN(C)CCC(=O)N1CCNCC1.